The number of thiophene rings is 1. The summed E-state index contributed by atoms with van der Waals surface area (Å²) < 4.78 is 0. The van der Waals surface area contributed by atoms with E-state index >= 15 is 0 Å². The molecule has 1 aromatic carbocycles. The van der Waals surface area contributed by atoms with E-state index in [0.717, 1.165) is 41.7 Å². The number of hydrogen-bond acceptors (Lipinski definition) is 4. The van der Waals surface area contributed by atoms with Gasteiger partial charge in [-0.3, -0.25) is 14.4 Å². The van der Waals surface area contributed by atoms with E-state index in [-0.39, 0.29) is 12.5 Å². The highest BCUT2D eigenvalue weighted by Crippen LogP contribution is 2.40. The fraction of sp³-hybridized carbons (Fsp3) is 0.435. The molecule has 0 fully saturated rings. The molecule has 1 aliphatic heterocycles. The molecule has 0 radical (unpaired) electrons. The SMILES string of the molecule is CC(C)(C)NC(=O)C1C(=O)Nc2sc3c(c2C(=O)N1Cc1ccc(Cl)cc1)CCCC3. The summed E-state index contributed by atoms with van der Waals surface area (Å²) in [6.07, 6.45) is 3.83. The summed E-state index contributed by atoms with van der Waals surface area (Å²) in [5, 5.41) is 6.90. The van der Waals surface area contributed by atoms with Gasteiger partial charge in [0.1, 0.15) is 5.00 Å². The number of carbonyl (C=O) groups is 3. The van der Waals surface area contributed by atoms with E-state index in [1.165, 1.54) is 16.2 Å². The number of rotatable bonds is 3. The normalized spacial score (nSPS) is 18.7. The molecule has 1 aliphatic carbocycles. The van der Waals surface area contributed by atoms with Crippen LogP contribution in [-0.4, -0.2) is 34.2 Å². The van der Waals surface area contributed by atoms with Gasteiger partial charge in [-0.1, -0.05) is 23.7 Å². The van der Waals surface area contributed by atoms with Gasteiger partial charge in [-0.05, 0) is 69.7 Å². The van der Waals surface area contributed by atoms with Crippen LogP contribution in [0.3, 0.4) is 0 Å². The van der Waals surface area contributed by atoms with Gasteiger partial charge in [0.05, 0.1) is 5.56 Å². The number of aryl methyl sites for hydroxylation is 1. The number of amides is 3. The lowest BCUT2D eigenvalue weighted by molar-refractivity contribution is -0.134. The molecule has 0 bridgehead atoms. The van der Waals surface area contributed by atoms with E-state index in [2.05, 4.69) is 10.6 Å². The number of halogens is 1. The highest BCUT2D eigenvalue weighted by molar-refractivity contribution is 7.17. The number of carbonyl (C=O) groups excluding carboxylic acids is 3. The van der Waals surface area contributed by atoms with Gasteiger partial charge in [-0.15, -0.1) is 11.3 Å². The van der Waals surface area contributed by atoms with Crippen LogP contribution in [0.2, 0.25) is 5.02 Å². The second-order valence-electron chi connectivity index (χ2n) is 9.11. The first-order valence-corrected chi connectivity index (χ1v) is 11.7. The van der Waals surface area contributed by atoms with Crippen LogP contribution >= 0.6 is 22.9 Å². The smallest absolute Gasteiger partial charge is 0.258 e. The zero-order chi connectivity index (χ0) is 22.3. The fourth-order valence-corrected chi connectivity index (χ4v) is 5.52. The zero-order valence-electron chi connectivity index (χ0n) is 17.9. The highest BCUT2D eigenvalue weighted by atomic mass is 35.5. The number of nitrogens with zero attached hydrogens (tertiary/aromatic N) is 1. The average Bonchev–Trinajstić information content (AvgIpc) is 3.00. The Hall–Kier alpha value is -2.38. The monoisotopic (exact) mass is 459 g/mol. The molecule has 4 rings (SSSR count). The lowest BCUT2D eigenvalue weighted by Crippen LogP contribution is -2.57. The Morgan fingerprint density at radius 2 is 1.87 bits per heavy atom. The molecule has 1 unspecified atom stereocenters. The first kappa shape index (κ1) is 21.8. The third-order valence-electron chi connectivity index (χ3n) is 5.46. The van der Waals surface area contributed by atoms with Crippen molar-refractivity contribution >= 4 is 45.7 Å². The molecular weight excluding hydrogens is 434 g/mol. The van der Waals surface area contributed by atoms with Crippen molar-refractivity contribution in [3.8, 4) is 0 Å². The summed E-state index contributed by atoms with van der Waals surface area (Å²) in [7, 11) is 0. The Balaban J connectivity index is 1.77. The second-order valence-corrected chi connectivity index (χ2v) is 10.6. The van der Waals surface area contributed by atoms with E-state index in [9.17, 15) is 14.4 Å². The molecule has 0 spiro atoms. The van der Waals surface area contributed by atoms with Crippen molar-refractivity contribution in [1.29, 1.82) is 0 Å². The fourth-order valence-electron chi connectivity index (χ4n) is 4.11. The van der Waals surface area contributed by atoms with E-state index in [1.807, 2.05) is 20.8 Å². The third-order valence-corrected chi connectivity index (χ3v) is 6.91. The lowest BCUT2D eigenvalue weighted by Gasteiger charge is -2.31. The summed E-state index contributed by atoms with van der Waals surface area (Å²) in [4.78, 5) is 42.8. The van der Waals surface area contributed by atoms with Crippen LogP contribution in [0.5, 0.6) is 0 Å². The molecule has 0 saturated heterocycles. The van der Waals surface area contributed by atoms with Gasteiger partial charge in [-0.25, -0.2) is 0 Å². The minimum atomic E-state index is -1.26. The molecule has 2 N–H and O–H groups in total. The highest BCUT2D eigenvalue weighted by Gasteiger charge is 2.43. The second kappa shape index (κ2) is 8.28. The lowest BCUT2D eigenvalue weighted by atomic mass is 9.95. The molecular formula is C23H26ClN3O3S. The molecule has 1 atom stereocenters. The standard InChI is InChI=1S/C23H26ClN3O3S/c1-23(2,3)26-20(29)18-19(28)25-21-17(15-6-4-5-7-16(15)31-21)22(30)27(18)12-13-8-10-14(24)11-9-13/h8-11,18H,4-7,12H2,1-3H3,(H,25,28)(H,26,29). The Bertz CT molecular complexity index is 1040. The maximum absolute atomic E-state index is 13.8. The minimum absolute atomic E-state index is 0.135. The van der Waals surface area contributed by atoms with Crippen LogP contribution < -0.4 is 10.6 Å². The third kappa shape index (κ3) is 4.48. The predicted molar refractivity (Wildman–Crippen MR) is 123 cm³/mol. The Morgan fingerprint density at radius 3 is 2.55 bits per heavy atom. The van der Waals surface area contributed by atoms with Crippen molar-refractivity contribution in [2.45, 2.75) is 64.6 Å². The van der Waals surface area contributed by atoms with Crippen LogP contribution in [0.15, 0.2) is 24.3 Å². The Labute approximate surface area is 191 Å². The molecule has 2 heterocycles. The molecule has 2 aromatic rings. The van der Waals surface area contributed by atoms with Crippen LogP contribution in [0.4, 0.5) is 5.00 Å². The molecule has 0 saturated carbocycles. The van der Waals surface area contributed by atoms with E-state index in [4.69, 9.17) is 11.6 Å². The van der Waals surface area contributed by atoms with Crippen molar-refractivity contribution in [2.75, 3.05) is 5.32 Å². The molecule has 2 aliphatic rings. The van der Waals surface area contributed by atoms with Gasteiger partial charge in [0.2, 0.25) is 0 Å². The van der Waals surface area contributed by atoms with Gasteiger partial charge in [0.15, 0.2) is 6.04 Å². The average molecular weight is 460 g/mol. The van der Waals surface area contributed by atoms with Crippen LogP contribution in [-0.2, 0) is 29.0 Å². The quantitative estimate of drug-likeness (QED) is 0.676. The molecule has 164 valence electrons. The topological polar surface area (TPSA) is 78.5 Å². The Kier molecular flexibility index (Phi) is 5.83. The van der Waals surface area contributed by atoms with E-state index in [0.29, 0.717) is 15.6 Å². The van der Waals surface area contributed by atoms with E-state index in [1.54, 1.807) is 24.3 Å². The summed E-state index contributed by atoms with van der Waals surface area (Å²) in [5.74, 6) is -1.26. The summed E-state index contributed by atoms with van der Waals surface area (Å²) in [6.45, 7) is 5.67. The van der Waals surface area contributed by atoms with Gasteiger partial charge in [0, 0.05) is 22.0 Å². The maximum atomic E-state index is 13.8. The van der Waals surface area contributed by atoms with Crippen molar-refractivity contribution in [3.05, 3.63) is 50.9 Å². The summed E-state index contributed by atoms with van der Waals surface area (Å²) in [6, 6.07) is 5.83. The van der Waals surface area contributed by atoms with Gasteiger partial charge >= 0.3 is 0 Å². The van der Waals surface area contributed by atoms with Gasteiger partial charge in [0.25, 0.3) is 17.7 Å². The first-order valence-electron chi connectivity index (χ1n) is 10.5. The minimum Gasteiger partial charge on any atom is -0.349 e. The number of fused-ring (bicyclic) bond motifs is 3. The van der Waals surface area contributed by atoms with Gasteiger partial charge in [-0.2, -0.15) is 0 Å². The number of anilines is 1. The van der Waals surface area contributed by atoms with Crippen molar-refractivity contribution in [2.24, 2.45) is 0 Å². The zero-order valence-corrected chi connectivity index (χ0v) is 19.5. The summed E-state index contributed by atoms with van der Waals surface area (Å²) in [5.41, 5.74) is 1.83. The molecule has 3 amide bonds. The number of benzene rings is 1. The molecule has 6 nitrogen and oxygen atoms in total. The number of nitrogens with one attached hydrogen (secondary N) is 2. The number of hydrogen-bond donors (Lipinski definition) is 2. The van der Waals surface area contributed by atoms with Crippen molar-refractivity contribution in [3.63, 3.8) is 0 Å². The molecule has 31 heavy (non-hydrogen) atoms. The van der Waals surface area contributed by atoms with Crippen LogP contribution in [0.25, 0.3) is 0 Å². The maximum Gasteiger partial charge on any atom is 0.258 e. The van der Waals surface area contributed by atoms with Crippen LogP contribution in [0, 0.1) is 0 Å². The molecule has 1 aromatic heterocycles. The van der Waals surface area contributed by atoms with Gasteiger partial charge < -0.3 is 15.5 Å². The first-order chi connectivity index (χ1) is 14.6. The van der Waals surface area contributed by atoms with Crippen molar-refractivity contribution in [1.82, 2.24) is 10.2 Å². The molecule has 8 heteroatoms. The van der Waals surface area contributed by atoms with Crippen LogP contribution in [0.1, 0.15) is 60.0 Å². The Morgan fingerprint density at radius 1 is 1.19 bits per heavy atom. The predicted octanol–water partition coefficient (Wildman–Crippen LogP) is 4.16. The summed E-state index contributed by atoms with van der Waals surface area (Å²) >= 11 is 7.48. The van der Waals surface area contributed by atoms with E-state index < -0.39 is 23.4 Å². The largest absolute Gasteiger partial charge is 0.349 e. The van der Waals surface area contributed by atoms with Crippen molar-refractivity contribution < 1.29 is 14.4 Å².